The third kappa shape index (κ3) is 3.09. The molecule has 0 radical (unpaired) electrons. The van der Waals surface area contributed by atoms with Crippen molar-refractivity contribution >= 4 is 17.6 Å². The molecule has 21 heavy (non-hydrogen) atoms. The van der Waals surface area contributed by atoms with Gasteiger partial charge in [0.25, 0.3) is 5.91 Å². The Morgan fingerprint density at radius 3 is 2.81 bits per heavy atom. The van der Waals surface area contributed by atoms with Gasteiger partial charge in [0.05, 0.1) is 19.2 Å². The molecule has 1 heterocycles. The number of amides is 1. The fraction of sp³-hybridized carbons (Fsp3) is 0.467. The van der Waals surface area contributed by atoms with Gasteiger partial charge in [-0.05, 0) is 26.0 Å². The molecule has 0 unspecified atom stereocenters. The Morgan fingerprint density at radius 2 is 2.14 bits per heavy atom. The van der Waals surface area contributed by atoms with Crippen LogP contribution in [0.3, 0.4) is 0 Å². The van der Waals surface area contributed by atoms with Crippen LogP contribution >= 0.6 is 0 Å². The molecule has 6 heteroatoms. The third-order valence-corrected chi connectivity index (χ3v) is 3.40. The Morgan fingerprint density at radius 1 is 1.43 bits per heavy atom. The zero-order valence-electron chi connectivity index (χ0n) is 12.7. The highest BCUT2D eigenvalue weighted by molar-refractivity contribution is 5.97. The van der Waals surface area contributed by atoms with Crippen LogP contribution in [0.25, 0.3) is 0 Å². The van der Waals surface area contributed by atoms with Crippen molar-refractivity contribution in [2.24, 2.45) is 0 Å². The Kier molecular flexibility index (Phi) is 4.06. The lowest BCUT2D eigenvalue weighted by Crippen LogP contribution is -2.41. The van der Waals surface area contributed by atoms with Crippen LogP contribution in [0.4, 0.5) is 5.69 Å². The van der Waals surface area contributed by atoms with Gasteiger partial charge in [-0.15, -0.1) is 0 Å². The minimum atomic E-state index is -0.867. The van der Waals surface area contributed by atoms with Crippen molar-refractivity contribution in [1.82, 2.24) is 4.90 Å². The van der Waals surface area contributed by atoms with Gasteiger partial charge in [0, 0.05) is 18.8 Å². The molecule has 1 aliphatic heterocycles. The second kappa shape index (κ2) is 5.63. The fourth-order valence-corrected chi connectivity index (χ4v) is 2.16. The first kappa shape index (κ1) is 15.2. The van der Waals surface area contributed by atoms with E-state index in [1.165, 1.54) is 7.11 Å². The summed E-state index contributed by atoms with van der Waals surface area (Å²) < 4.78 is 10.4. The van der Waals surface area contributed by atoms with E-state index >= 15 is 0 Å². The van der Waals surface area contributed by atoms with Crippen molar-refractivity contribution in [3.05, 3.63) is 23.8 Å². The van der Waals surface area contributed by atoms with Crippen LogP contribution < -0.4 is 10.1 Å². The maximum absolute atomic E-state index is 12.1. The summed E-state index contributed by atoms with van der Waals surface area (Å²) in [6.45, 7) is 4.44. The summed E-state index contributed by atoms with van der Waals surface area (Å²) in [7, 11) is 3.09. The first-order valence-corrected chi connectivity index (χ1v) is 6.74. The quantitative estimate of drug-likeness (QED) is 0.855. The van der Waals surface area contributed by atoms with Crippen LogP contribution in [0, 0.1) is 0 Å². The average Bonchev–Trinajstić information content (AvgIpc) is 2.57. The maximum atomic E-state index is 12.1. The lowest BCUT2D eigenvalue weighted by molar-refractivity contribution is -0.144. The van der Waals surface area contributed by atoms with Gasteiger partial charge in [0.2, 0.25) is 0 Å². The molecule has 0 saturated heterocycles. The first-order chi connectivity index (χ1) is 9.85. The molecule has 0 saturated carbocycles. The van der Waals surface area contributed by atoms with E-state index in [-0.39, 0.29) is 11.9 Å². The molecule has 0 aromatic heterocycles. The van der Waals surface area contributed by atoms with Crippen molar-refractivity contribution < 1.29 is 19.1 Å². The summed E-state index contributed by atoms with van der Waals surface area (Å²) in [6, 6.07) is 5.19. The number of carbonyl (C=O) groups is 2. The van der Waals surface area contributed by atoms with Crippen LogP contribution in [0.5, 0.6) is 5.75 Å². The van der Waals surface area contributed by atoms with E-state index < -0.39 is 5.54 Å². The Labute approximate surface area is 124 Å². The molecule has 114 valence electrons. The summed E-state index contributed by atoms with van der Waals surface area (Å²) in [5, 5.41) is 3.09. The average molecular weight is 292 g/mol. The van der Waals surface area contributed by atoms with Crippen molar-refractivity contribution in [1.29, 1.82) is 0 Å². The van der Waals surface area contributed by atoms with Gasteiger partial charge in [0.15, 0.2) is 0 Å². The smallest absolute Gasteiger partial charge is 0.330 e. The number of rotatable bonds is 3. The van der Waals surface area contributed by atoms with Crippen LogP contribution in [0.1, 0.15) is 24.2 Å². The number of methoxy groups -OCH3 is 1. The highest BCUT2D eigenvalue weighted by Gasteiger charge is 2.29. The third-order valence-electron chi connectivity index (χ3n) is 3.40. The van der Waals surface area contributed by atoms with E-state index in [1.807, 2.05) is 0 Å². The van der Waals surface area contributed by atoms with Gasteiger partial charge in [-0.2, -0.15) is 0 Å². The van der Waals surface area contributed by atoms with Crippen molar-refractivity contribution in [2.45, 2.75) is 19.4 Å². The van der Waals surface area contributed by atoms with E-state index in [0.29, 0.717) is 30.2 Å². The van der Waals surface area contributed by atoms with E-state index in [1.54, 1.807) is 44.0 Å². The van der Waals surface area contributed by atoms with Gasteiger partial charge < -0.3 is 19.7 Å². The predicted molar refractivity (Wildman–Crippen MR) is 78.6 cm³/mol. The van der Waals surface area contributed by atoms with Gasteiger partial charge >= 0.3 is 5.97 Å². The highest BCUT2D eigenvalue weighted by atomic mass is 16.5. The topological polar surface area (TPSA) is 67.9 Å². The van der Waals surface area contributed by atoms with Crippen molar-refractivity contribution in [2.75, 3.05) is 32.6 Å². The number of anilines is 1. The second-order valence-corrected chi connectivity index (χ2v) is 5.53. The molecule has 2 rings (SSSR count). The highest BCUT2D eigenvalue weighted by Crippen LogP contribution is 2.28. The maximum Gasteiger partial charge on any atom is 0.330 e. The molecule has 0 aliphatic carbocycles. The van der Waals surface area contributed by atoms with E-state index in [2.05, 4.69) is 5.32 Å². The summed E-state index contributed by atoms with van der Waals surface area (Å²) in [5.41, 5.74) is 0.354. The number of ether oxygens (including phenoxy) is 2. The molecule has 1 N–H and O–H groups in total. The van der Waals surface area contributed by atoms with Crippen LogP contribution in [0.2, 0.25) is 0 Å². The van der Waals surface area contributed by atoms with E-state index in [9.17, 15) is 9.59 Å². The minimum Gasteiger partial charge on any atom is -0.491 e. The molecule has 0 spiro atoms. The Bertz CT molecular complexity index is 569. The number of nitrogens with one attached hydrogen (secondary N) is 1. The van der Waals surface area contributed by atoms with Crippen LogP contribution in [-0.2, 0) is 9.53 Å². The molecule has 6 nitrogen and oxygen atoms in total. The molecule has 0 fully saturated rings. The molecule has 0 bridgehead atoms. The Balaban J connectivity index is 2.27. The van der Waals surface area contributed by atoms with Gasteiger partial charge in [-0.3, -0.25) is 4.79 Å². The number of esters is 1. The molecule has 1 aromatic carbocycles. The minimum absolute atomic E-state index is 0.0683. The largest absolute Gasteiger partial charge is 0.491 e. The van der Waals surface area contributed by atoms with E-state index in [0.717, 1.165) is 0 Å². The zero-order valence-corrected chi connectivity index (χ0v) is 12.7. The second-order valence-electron chi connectivity index (χ2n) is 5.53. The number of nitrogens with zero attached hydrogens (tertiary/aromatic N) is 1. The summed E-state index contributed by atoms with van der Waals surface area (Å²) in [5.74, 6) is 0.0884. The number of hydrogen-bond acceptors (Lipinski definition) is 5. The molecular formula is C15H20N2O4. The summed E-state index contributed by atoms with van der Waals surface area (Å²) in [6.07, 6.45) is 0. The molecular weight excluding hydrogens is 272 g/mol. The molecule has 1 aromatic rings. The molecule has 1 amide bonds. The standard InChI is InChI=1S/C15H20N2O4/c1-15(2,14(19)20-4)16-10-5-6-11-12(9-10)21-8-7-17(3)13(11)18/h5-6,9,16H,7-8H2,1-4H3. The first-order valence-electron chi connectivity index (χ1n) is 6.74. The van der Waals surface area contributed by atoms with Crippen LogP contribution in [0.15, 0.2) is 18.2 Å². The Hall–Kier alpha value is -2.24. The predicted octanol–water partition coefficient (Wildman–Crippen LogP) is 1.51. The van der Waals surface area contributed by atoms with Gasteiger partial charge in [-0.25, -0.2) is 4.79 Å². The SMILES string of the molecule is COC(=O)C(C)(C)Nc1ccc2c(c1)OCCN(C)C2=O. The monoisotopic (exact) mass is 292 g/mol. The van der Waals surface area contributed by atoms with Crippen molar-refractivity contribution in [3.63, 3.8) is 0 Å². The normalized spacial score (nSPS) is 14.9. The number of carbonyl (C=O) groups excluding carboxylic acids is 2. The number of fused-ring (bicyclic) bond motifs is 1. The number of hydrogen-bond donors (Lipinski definition) is 1. The van der Waals surface area contributed by atoms with Gasteiger partial charge in [-0.1, -0.05) is 0 Å². The lowest BCUT2D eigenvalue weighted by atomic mass is 10.0. The van der Waals surface area contributed by atoms with Crippen LogP contribution in [-0.4, -0.2) is 49.6 Å². The van der Waals surface area contributed by atoms with Crippen molar-refractivity contribution in [3.8, 4) is 5.75 Å². The zero-order chi connectivity index (χ0) is 15.6. The molecule has 1 aliphatic rings. The number of likely N-dealkylation sites (N-methyl/N-ethyl adjacent to an activating group) is 1. The van der Waals surface area contributed by atoms with E-state index in [4.69, 9.17) is 9.47 Å². The summed E-state index contributed by atoms with van der Waals surface area (Å²) >= 11 is 0. The number of benzene rings is 1. The lowest BCUT2D eigenvalue weighted by Gasteiger charge is -2.24. The fourth-order valence-electron chi connectivity index (χ4n) is 2.16. The summed E-state index contributed by atoms with van der Waals surface area (Å²) in [4.78, 5) is 25.5. The van der Waals surface area contributed by atoms with Gasteiger partial charge in [0.1, 0.15) is 17.9 Å². The molecule has 0 atom stereocenters.